The minimum Gasteiger partial charge on any atom is -0.108 e. The molecule has 0 amide bonds. The van der Waals surface area contributed by atoms with E-state index in [1.807, 2.05) is 0 Å². The van der Waals surface area contributed by atoms with Crippen molar-refractivity contribution in [3.8, 4) is 0 Å². The van der Waals surface area contributed by atoms with Gasteiger partial charge in [0.05, 0.1) is 0 Å². The van der Waals surface area contributed by atoms with Gasteiger partial charge in [0.2, 0.25) is 0 Å². The molecule has 0 aliphatic heterocycles. The Bertz CT molecular complexity index is 192. The smallest absolute Gasteiger partial charge is 0.00603 e. The first-order valence-corrected chi connectivity index (χ1v) is 7.07. The van der Waals surface area contributed by atoms with E-state index in [0.29, 0.717) is 10.8 Å². The molecule has 0 aromatic rings. The van der Waals surface area contributed by atoms with Gasteiger partial charge < -0.3 is 0 Å². The number of rotatable bonds is 2. The van der Waals surface area contributed by atoms with Gasteiger partial charge in [0.15, 0.2) is 0 Å². The molecule has 1 aliphatic carbocycles. The summed E-state index contributed by atoms with van der Waals surface area (Å²) >= 11 is 0. The SMILES string of the molecule is CC(C)(C)CP=CC1(C)CCCCC1. The van der Waals surface area contributed by atoms with E-state index in [2.05, 4.69) is 33.5 Å². The monoisotopic (exact) mass is 212 g/mol. The van der Waals surface area contributed by atoms with E-state index in [9.17, 15) is 0 Å². The molecule has 0 saturated heterocycles. The van der Waals surface area contributed by atoms with Crippen LogP contribution in [0.4, 0.5) is 0 Å². The van der Waals surface area contributed by atoms with Crippen LogP contribution >= 0.6 is 8.20 Å². The highest BCUT2D eigenvalue weighted by molar-refractivity contribution is 7.38. The van der Waals surface area contributed by atoms with Crippen molar-refractivity contribution in [1.82, 2.24) is 0 Å². The van der Waals surface area contributed by atoms with E-state index in [-0.39, 0.29) is 0 Å². The Kier molecular flexibility index (Phi) is 4.19. The van der Waals surface area contributed by atoms with Crippen LogP contribution in [0.5, 0.6) is 0 Å². The number of hydrogen-bond acceptors (Lipinski definition) is 0. The Labute approximate surface area is 91.3 Å². The van der Waals surface area contributed by atoms with Crippen molar-refractivity contribution < 1.29 is 0 Å². The lowest BCUT2D eigenvalue weighted by Gasteiger charge is -2.30. The molecule has 0 N–H and O–H groups in total. The first kappa shape index (κ1) is 12.2. The van der Waals surface area contributed by atoms with Gasteiger partial charge in [-0.2, -0.15) is 0 Å². The van der Waals surface area contributed by atoms with Gasteiger partial charge in [-0.25, -0.2) is 0 Å². The molecule has 1 saturated carbocycles. The molecule has 0 nitrogen and oxygen atoms in total. The third kappa shape index (κ3) is 4.60. The van der Waals surface area contributed by atoms with Crippen molar-refractivity contribution in [3.05, 3.63) is 0 Å². The van der Waals surface area contributed by atoms with E-state index >= 15 is 0 Å². The molecule has 0 radical (unpaired) electrons. The summed E-state index contributed by atoms with van der Waals surface area (Å²) in [5.41, 5.74) is 1.05. The molecule has 0 heterocycles. The van der Waals surface area contributed by atoms with Gasteiger partial charge in [0, 0.05) is 0 Å². The fourth-order valence-corrected chi connectivity index (χ4v) is 3.37. The van der Waals surface area contributed by atoms with Gasteiger partial charge in [-0.3, -0.25) is 0 Å². The summed E-state index contributed by atoms with van der Waals surface area (Å²) in [5, 5.41) is 0. The summed E-state index contributed by atoms with van der Waals surface area (Å²) in [7, 11) is 1.55. The molecule has 0 unspecified atom stereocenters. The zero-order valence-corrected chi connectivity index (χ0v) is 11.2. The first-order chi connectivity index (χ1) is 6.41. The van der Waals surface area contributed by atoms with E-state index in [1.54, 1.807) is 8.20 Å². The standard InChI is InChI=1S/C13H25P/c1-12(2,3)10-14-11-13(4)8-6-5-7-9-13/h11H,5-10H2,1-4H3. The van der Waals surface area contributed by atoms with E-state index in [4.69, 9.17) is 0 Å². The van der Waals surface area contributed by atoms with Crippen LogP contribution in [0.15, 0.2) is 0 Å². The third-order valence-corrected chi connectivity index (χ3v) is 4.90. The summed E-state index contributed by atoms with van der Waals surface area (Å²) < 4.78 is 0. The molecule has 0 bridgehead atoms. The van der Waals surface area contributed by atoms with Crippen LogP contribution in [0.3, 0.4) is 0 Å². The maximum atomic E-state index is 2.58. The van der Waals surface area contributed by atoms with Gasteiger partial charge in [-0.15, -0.1) is 8.20 Å². The lowest BCUT2D eigenvalue weighted by molar-refractivity contribution is 0.322. The van der Waals surface area contributed by atoms with Crippen LogP contribution in [0, 0.1) is 10.8 Å². The Hall–Kier alpha value is 0.170. The maximum absolute atomic E-state index is 2.58. The van der Waals surface area contributed by atoms with E-state index in [0.717, 1.165) is 0 Å². The molecule has 0 aromatic carbocycles. The molecule has 1 heteroatoms. The first-order valence-electron chi connectivity index (χ1n) is 5.92. The zero-order valence-electron chi connectivity index (χ0n) is 10.3. The molecular weight excluding hydrogens is 187 g/mol. The van der Waals surface area contributed by atoms with Crippen molar-refractivity contribution in [2.45, 2.75) is 59.8 Å². The van der Waals surface area contributed by atoms with Crippen molar-refractivity contribution >= 4 is 14.0 Å². The Morgan fingerprint density at radius 1 is 1.14 bits per heavy atom. The molecule has 1 rings (SSSR count). The van der Waals surface area contributed by atoms with Crippen molar-refractivity contribution in [1.29, 1.82) is 0 Å². The fraction of sp³-hybridized carbons (Fsp3) is 0.923. The second-order valence-corrected chi connectivity index (χ2v) is 7.18. The summed E-state index contributed by atoms with van der Waals surface area (Å²) in [4.78, 5) is 0. The molecule has 82 valence electrons. The Morgan fingerprint density at radius 2 is 1.71 bits per heavy atom. The quantitative estimate of drug-likeness (QED) is 0.579. The fourth-order valence-electron chi connectivity index (χ4n) is 2.03. The normalized spacial score (nSPS) is 22.9. The predicted molar refractivity (Wildman–Crippen MR) is 68.5 cm³/mol. The highest BCUT2D eigenvalue weighted by Gasteiger charge is 2.23. The summed E-state index contributed by atoms with van der Waals surface area (Å²) in [5.74, 6) is 2.58. The van der Waals surface area contributed by atoms with Crippen molar-refractivity contribution in [2.24, 2.45) is 10.8 Å². The Morgan fingerprint density at radius 3 is 2.21 bits per heavy atom. The maximum Gasteiger partial charge on any atom is -0.00603 e. The molecule has 0 spiro atoms. The van der Waals surface area contributed by atoms with Crippen LogP contribution < -0.4 is 0 Å². The molecule has 0 atom stereocenters. The van der Waals surface area contributed by atoms with Gasteiger partial charge in [0.1, 0.15) is 0 Å². The highest BCUT2D eigenvalue weighted by Crippen LogP contribution is 2.35. The summed E-state index contributed by atoms with van der Waals surface area (Å²) in [6, 6.07) is 0. The minimum absolute atomic E-state index is 0.489. The lowest BCUT2D eigenvalue weighted by Crippen LogP contribution is -2.21. The van der Waals surface area contributed by atoms with Gasteiger partial charge >= 0.3 is 0 Å². The number of hydrogen-bond donors (Lipinski definition) is 0. The van der Waals surface area contributed by atoms with Crippen LogP contribution in [-0.4, -0.2) is 12.0 Å². The van der Waals surface area contributed by atoms with Crippen molar-refractivity contribution in [3.63, 3.8) is 0 Å². The van der Waals surface area contributed by atoms with Crippen molar-refractivity contribution in [2.75, 3.05) is 6.16 Å². The Balaban J connectivity index is 2.41. The average Bonchev–Trinajstić information content (AvgIpc) is 2.02. The van der Waals surface area contributed by atoms with E-state index in [1.165, 1.54) is 38.3 Å². The van der Waals surface area contributed by atoms with Gasteiger partial charge in [-0.1, -0.05) is 52.8 Å². The molecule has 0 aromatic heterocycles. The van der Waals surface area contributed by atoms with Gasteiger partial charge in [-0.05, 0) is 29.8 Å². The third-order valence-electron chi connectivity index (χ3n) is 2.96. The second-order valence-electron chi connectivity index (χ2n) is 6.25. The molecular formula is C13H25P. The summed E-state index contributed by atoms with van der Waals surface area (Å²) in [6.07, 6.45) is 8.49. The minimum atomic E-state index is 0.489. The van der Waals surface area contributed by atoms with Gasteiger partial charge in [0.25, 0.3) is 0 Å². The average molecular weight is 212 g/mol. The molecule has 1 fully saturated rings. The highest BCUT2D eigenvalue weighted by atomic mass is 31.1. The van der Waals surface area contributed by atoms with Crippen LogP contribution in [0.2, 0.25) is 0 Å². The van der Waals surface area contributed by atoms with Crippen LogP contribution in [-0.2, 0) is 0 Å². The van der Waals surface area contributed by atoms with Crippen LogP contribution in [0.1, 0.15) is 59.8 Å². The largest absolute Gasteiger partial charge is 0.108 e. The summed E-state index contributed by atoms with van der Waals surface area (Å²) in [6.45, 7) is 9.44. The van der Waals surface area contributed by atoms with Crippen LogP contribution in [0.25, 0.3) is 0 Å². The predicted octanol–water partition coefficient (Wildman–Crippen LogP) is 4.75. The lowest BCUT2D eigenvalue weighted by atomic mass is 9.77. The zero-order chi connectivity index (χ0) is 10.7. The van der Waals surface area contributed by atoms with E-state index < -0.39 is 0 Å². The topological polar surface area (TPSA) is 0 Å². The molecule has 14 heavy (non-hydrogen) atoms. The second kappa shape index (κ2) is 4.79. The molecule has 1 aliphatic rings.